The first kappa shape index (κ1) is 16.1. The zero-order valence-electron chi connectivity index (χ0n) is 13.4. The van der Waals surface area contributed by atoms with Crippen LogP contribution in [0.15, 0.2) is 42.5 Å². The van der Waals surface area contributed by atoms with Crippen LogP contribution in [0.1, 0.15) is 36.0 Å². The van der Waals surface area contributed by atoms with Crippen LogP contribution >= 0.6 is 0 Å². The SMILES string of the molecule is Cc1ccc(CCCCC(=O)Nc2cc(N)ccc2C)cc1. The maximum atomic E-state index is 12.0. The van der Waals surface area contributed by atoms with Gasteiger partial charge in [0.05, 0.1) is 0 Å². The van der Waals surface area contributed by atoms with Crippen LogP contribution in [0.3, 0.4) is 0 Å². The third-order valence-corrected chi connectivity index (χ3v) is 3.78. The lowest BCUT2D eigenvalue weighted by atomic mass is 10.1. The number of unbranched alkanes of at least 4 members (excludes halogenated alkanes) is 1. The molecule has 0 heterocycles. The Hall–Kier alpha value is -2.29. The number of nitrogens with one attached hydrogen (secondary N) is 1. The van der Waals surface area contributed by atoms with Crippen LogP contribution in [0.25, 0.3) is 0 Å². The molecule has 3 heteroatoms. The first-order valence-electron chi connectivity index (χ1n) is 7.76. The Morgan fingerprint density at radius 1 is 1.05 bits per heavy atom. The first-order chi connectivity index (χ1) is 10.5. The van der Waals surface area contributed by atoms with Crippen LogP contribution in [0.5, 0.6) is 0 Å². The van der Waals surface area contributed by atoms with E-state index in [1.807, 2.05) is 19.1 Å². The second kappa shape index (κ2) is 7.64. The number of rotatable bonds is 6. The van der Waals surface area contributed by atoms with E-state index in [1.54, 1.807) is 6.07 Å². The summed E-state index contributed by atoms with van der Waals surface area (Å²) in [7, 11) is 0. The number of carbonyl (C=O) groups is 1. The predicted molar refractivity (Wildman–Crippen MR) is 93.0 cm³/mol. The largest absolute Gasteiger partial charge is 0.399 e. The van der Waals surface area contributed by atoms with Crippen molar-refractivity contribution in [1.29, 1.82) is 0 Å². The molecule has 0 unspecified atom stereocenters. The minimum atomic E-state index is 0.0533. The monoisotopic (exact) mass is 296 g/mol. The van der Waals surface area contributed by atoms with Crippen molar-refractivity contribution in [3.63, 3.8) is 0 Å². The number of benzene rings is 2. The van der Waals surface area contributed by atoms with E-state index >= 15 is 0 Å². The lowest BCUT2D eigenvalue weighted by Gasteiger charge is -2.09. The molecule has 0 aromatic heterocycles. The molecule has 0 fully saturated rings. The van der Waals surface area contributed by atoms with Crippen LogP contribution in [0, 0.1) is 13.8 Å². The van der Waals surface area contributed by atoms with Crippen LogP contribution in [0.2, 0.25) is 0 Å². The van der Waals surface area contributed by atoms with Gasteiger partial charge in [0.2, 0.25) is 5.91 Å². The van der Waals surface area contributed by atoms with Gasteiger partial charge in [-0.15, -0.1) is 0 Å². The Balaban J connectivity index is 1.74. The number of nitrogens with two attached hydrogens (primary N) is 1. The Labute approximate surface area is 132 Å². The quantitative estimate of drug-likeness (QED) is 0.619. The van der Waals surface area contributed by atoms with Crippen molar-refractivity contribution in [2.45, 2.75) is 39.5 Å². The van der Waals surface area contributed by atoms with E-state index < -0.39 is 0 Å². The summed E-state index contributed by atoms with van der Waals surface area (Å²) >= 11 is 0. The van der Waals surface area contributed by atoms with Crippen molar-refractivity contribution in [3.05, 3.63) is 59.2 Å². The molecule has 22 heavy (non-hydrogen) atoms. The van der Waals surface area contributed by atoms with Crippen molar-refractivity contribution in [2.75, 3.05) is 11.1 Å². The first-order valence-corrected chi connectivity index (χ1v) is 7.76. The lowest BCUT2D eigenvalue weighted by Crippen LogP contribution is -2.12. The van der Waals surface area contributed by atoms with Gasteiger partial charge < -0.3 is 11.1 Å². The molecule has 116 valence electrons. The molecule has 0 bridgehead atoms. The molecule has 2 rings (SSSR count). The summed E-state index contributed by atoms with van der Waals surface area (Å²) in [5.74, 6) is 0.0533. The molecule has 0 saturated heterocycles. The van der Waals surface area contributed by atoms with Crippen molar-refractivity contribution >= 4 is 17.3 Å². The van der Waals surface area contributed by atoms with E-state index in [-0.39, 0.29) is 5.91 Å². The van der Waals surface area contributed by atoms with Gasteiger partial charge in [0, 0.05) is 17.8 Å². The van der Waals surface area contributed by atoms with Crippen LogP contribution in [-0.4, -0.2) is 5.91 Å². The maximum Gasteiger partial charge on any atom is 0.224 e. The zero-order valence-corrected chi connectivity index (χ0v) is 13.4. The molecule has 3 N–H and O–H groups in total. The number of hydrogen-bond acceptors (Lipinski definition) is 2. The summed E-state index contributed by atoms with van der Waals surface area (Å²) in [6.07, 6.45) is 3.47. The molecule has 2 aromatic rings. The second-order valence-corrected chi connectivity index (χ2v) is 5.82. The Morgan fingerprint density at radius 3 is 2.50 bits per heavy atom. The predicted octanol–water partition coefficient (Wildman–Crippen LogP) is 4.24. The van der Waals surface area contributed by atoms with Crippen molar-refractivity contribution in [1.82, 2.24) is 0 Å². The third-order valence-electron chi connectivity index (χ3n) is 3.78. The van der Waals surface area contributed by atoms with E-state index in [0.29, 0.717) is 12.1 Å². The fourth-order valence-corrected chi connectivity index (χ4v) is 2.36. The van der Waals surface area contributed by atoms with Gasteiger partial charge in [-0.1, -0.05) is 35.9 Å². The number of amides is 1. The maximum absolute atomic E-state index is 12.0. The molecule has 1 amide bonds. The van der Waals surface area contributed by atoms with Crippen LogP contribution in [0.4, 0.5) is 11.4 Å². The van der Waals surface area contributed by atoms with Crippen molar-refractivity contribution in [2.24, 2.45) is 0 Å². The number of nitrogen functional groups attached to an aromatic ring is 1. The molecular formula is C19H24N2O. The average molecular weight is 296 g/mol. The van der Waals surface area contributed by atoms with E-state index in [2.05, 4.69) is 36.5 Å². The average Bonchev–Trinajstić information content (AvgIpc) is 2.49. The van der Waals surface area contributed by atoms with E-state index in [1.165, 1.54) is 11.1 Å². The standard InChI is InChI=1S/C19H24N2O/c1-14-7-10-16(11-8-14)5-3-4-6-19(22)21-18-13-17(20)12-9-15(18)2/h7-13H,3-6,20H2,1-2H3,(H,21,22). The molecule has 0 radical (unpaired) electrons. The van der Waals surface area contributed by atoms with Crippen LogP contribution in [-0.2, 0) is 11.2 Å². The van der Waals surface area contributed by atoms with Crippen molar-refractivity contribution in [3.8, 4) is 0 Å². The van der Waals surface area contributed by atoms with Gasteiger partial charge in [-0.3, -0.25) is 4.79 Å². The van der Waals surface area contributed by atoms with Gasteiger partial charge in [-0.25, -0.2) is 0 Å². The minimum Gasteiger partial charge on any atom is -0.399 e. The van der Waals surface area contributed by atoms with Gasteiger partial charge >= 0.3 is 0 Å². The Morgan fingerprint density at radius 2 is 1.77 bits per heavy atom. The van der Waals surface area contributed by atoms with Gasteiger partial charge in [0.1, 0.15) is 0 Å². The number of anilines is 2. The second-order valence-electron chi connectivity index (χ2n) is 5.82. The zero-order chi connectivity index (χ0) is 15.9. The highest BCUT2D eigenvalue weighted by Crippen LogP contribution is 2.18. The van der Waals surface area contributed by atoms with Crippen LogP contribution < -0.4 is 11.1 Å². The molecule has 3 nitrogen and oxygen atoms in total. The lowest BCUT2D eigenvalue weighted by molar-refractivity contribution is -0.116. The molecular weight excluding hydrogens is 272 g/mol. The molecule has 0 aliphatic carbocycles. The molecule has 0 saturated carbocycles. The van der Waals surface area contributed by atoms with Gasteiger partial charge in [-0.2, -0.15) is 0 Å². The molecule has 2 aromatic carbocycles. The number of aryl methyl sites for hydroxylation is 3. The topological polar surface area (TPSA) is 55.1 Å². The summed E-state index contributed by atoms with van der Waals surface area (Å²) < 4.78 is 0. The highest BCUT2D eigenvalue weighted by atomic mass is 16.1. The minimum absolute atomic E-state index is 0.0533. The smallest absolute Gasteiger partial charge is 0.224 e. The molecule has 0 aliphatic heterocycles. The number of carbonyl (C=O) groups excluding carboxylic acids is 1. The Kier molecular flexibility index (Phi) is 5.59. The van der Waals surface area contributed by atoms with Crippen molar-refractivity contribution < 1.29 is 4.79 Å². The highest BCUT2D eigenvalue weighted by Gasteiger charge is 2.05. The van der Waals surface area contributed by atoms with Gasteiger partial charge in [0.15, 0.2) is 0 Å². The molecule has 0 aliphatic rings. The van der Waals surface area contributed by atoms with E-state index in [0.717, 1.165) is 30.5 Å². The fraction of sp³-hybridized carbons (Fsp3) is 0.316. The summed E-state index contributed by atoms with van der Waals surface area (Å²) in [5, 5.41) is 2.94. The van der Waals surface area contributed by atoms with E-state index in [4.69, 9.17) is 5.73 Å². The van der Waals surface area contributed by atoms with Gasteiger partial charge in [0.25, 0.3) is 0 Å². The third kappa shape index (κ3) is 4.92. The molecule has 0 atom stereocenters. The summed E-state index contributed by atoms with van der Waals surface area (Å²) in [4.78, 5) is 12.0. The Bertz CT molecular complexity index is 632. The molecule has 0 spiro atoms. The summed E-state index contributed by atoms with van der Waals surface area (Å²) in [5.41, 5.74) is 10.9. The highest BCUT2D eigenvalue weighted by molar-refractivity contribution is 5.91. The van der Waals surface area contributed by atoms with E-state index in [9.17, 15) is 4.79 Å². The van der Waals surface area contributed by atoms with Gasteiger partial charge in [-0.05, 0) is 56.4 Å². The normalized spacial score (nSPS) is 10.5. The number of hydrogen-bond donors (Lipinski definition) is 2. The fourth-order valence-electron chi connectivity index (χ4n) is 2.36. The summed E-state index contributed by atoms with van der Waals surface area (Å²) in [6, 6.07) is 14.1. The summed E-state index contributed by atoms with van der Waals surface area (Å²) in [6.45, 7) is 4.05.